The van der Waals surface area contributed by atoms with Crippen molar-refractivity contribution in [2.75, 3.05) is 24.6 Å². The fourth-order valence-corrected chi connectivity index (χ4v) is 4.78. The minimum atomic E-state index is -3.61. The van der Waals surface area contributed by atoms with Gasteiger partial charge in [0, 0.05) is 31.7 Å². The van der Waals surface area contributed by atoms with E-state index in [1.165, 1.54) is 4.68 Å². The predicted molar refractivity (Wildman–Crippen MR) is 110 cm³/mol. The van der Waals surface area contributed by atoms with Gasteiger partial charge in [0.2, 0.25) is 10.0 Å². The van der Waals surface area contributed by atoms with Crippen LogP contribution < -0.4 is 19.9 Å². The second-order valence-electron chi connectivity index (χ2n) is 7.61. The molecule has 29 heavy (non-hydrogen) atoms. The molecular weight excluding hydrogens is 392 g/mol. The number of ether oxygens (including phenoxy) is 1. The quantitative estimate of drug-likeness (QED) is 0.700. The van der Waals surface area contributed by atoms with Gasteiger partial charge in [-0.1, -0.05) is 0 Å². The van der Waals surface area contributed by atoms with E-state index in [-0.39, 0.29) is 16.5 Å². The molecule has 0 radical (unpaired) electrons. The number of anilines is 1. The molecule has 1 unspecified atom stereocenters. The van der Waals surface area contributed by atoms with Gasteiger partial charge >= 0.3 is 0 Å². The monoisotopic (exact) mass is 418 g/mol. The van der Waals surface area contributed by atoms with Gasteiger partial charge in [0.15, 0.2) is 0 Å². The number of benzene rings is 1. The predicted octanol–water partition coefficient (Wildman–Crippen LogP) is 1.61. The zero-order valence-corrected chi connectivity index (χ0v) is 17.3. The van der Waals surface area contributed by atoms with E-state index in [0.29, 0.717) is 50.1 Å². The van der Waals surface area contributed by atoms with Gasteiger partial charge < -0.3 is 9.64 Å². The van der Waals surface area contributed by atoms with Crippen LogP contribution in [0, 0.1) is 5.92 Å². The average Bonchev–Trinajstić information content (AvgIpc) is 3.40. The van der Waals surface area contributed by atoms with Crippen LogP contribution in [0.1, 0.15) is 26.2 Å². The molecule has 0 bridgehead atoms. The first-order chi connectivity index (χ1) is 13.9. The van der Waals surface area contributed by atoms with Crippen molar-refractivity contribution < 1.29 is 13.2 Å². The van der Waals surface area contributed by atoms with Gasteiger partial charge in [0.1, 0.15) is 11.6 Å². The number of rotatable bonds is 8. The molecule has 2 fully saturated rings. The van der Waals surface area contributed by atoms with E-state index in [4.69, 9.17) is 4.74 Å². The lowest BCUT2D eigenvalue weighted by molar-refractivity contribution is 0.340. The Hall–Kier alpha value is -2.39. The molecule has 1 N–H and O–H groups in total. The van der Waals surface area contributed by atoms with Crippen LogP contribution in [0.3, 0.4) is 0 Å². The van der Waals surface area contributed by atoms with Crippen LogP contribution in [0.5, 0.6) is 5.75 Å². The minimum Gasteiger partial charge on any atom is -0.494 e. The Morgan fingerprint density at radius 2 is 1.90 bits per heavy atom. The normalized spacial score (nSPS) is 19.5. The van der Waals surface area contributed by atoms with Crippen molar-refractivity contribution in [1.82, 2.24) is 14.5 Å². The van der Waals surface area contributed by atoms with Crippen LogP contribution in [0.15, 0.2) is 46.1 Å². The van der Waals surface area contributed by atoms with Crippen LogP contribution in [0.4, 0.5) is 5.82 Å². The lowest BCUT2D eigenvalue weighted by atomic mass is 10.3. The summed E-state index contributed by atoms with van der Waals surface area (Å²) in [5.41, 5.74) is -0.0902. The zero-order chi connectivity index (χ0) is 20.4. The van der Waals surface area contributed by atoms with Gasteiger partial charge in [0.25, 0.3) is 5.56 Å². The molecular formula is C20H26N4O4S. The van der Waals surface area contributed by atoms with Gasteiger partial charge in [-0.25, -0.2) is 17.8 Å². The molecule has 1 saturated carbocycles. The number of aromatic nitrogens is 2. The van der Waals surface area contributed by atoms with E-state index >= 15 is 0 Å². The topological polar surface area (TPSA) is 93.5 Å². The smallest absolute Gasteiger partial charge is 0.266 e. The molecule has 0 spiro atoms. The van der Waals surface area contributed by atoms with E-state index in [1.807, 2.05) is 11.8 Å². The van der Waals surface area contributed by atoms with Gasteiger partial charge in [-0.15, -0.1) is 0 Å². The number of sulfonamides is 1. The summed E-state index contributed by atoms with van der Waals surface area (Å²) in [5.74, 6) is 1.92. The maximum Gasteiger partial charge on any atom is 0.266 e. The van der Waals surface area contributed by atoms with E-state index in [1.54, 1.807) is 36.4 Å². The largest absolute Gasteiger partial charge is 0.494 e. The van der Waals surface area contributed by atoms with Crippen LogP contribution in [-0.4, -0.2) is 43.9 Å². The minimum absolute atomic E-state index is 0.0902. The Morgan fingerprint density at radius 3 is 2.59 bits per heavy atom. The molecule has 8 nitrogen and oxygen atoms in total. The summed E-state index contributed by atoms with van der Waals surface area (Å²) in [4.78, 5) is 14.2. The summed E-state index contributed by atoms with van der Waals surface area (Å²) in [6, 6.07) is 9.47. The van der Waals surface area contributed by atoms with Crippen molar-refractivity contribution in [2.45, 2.75) is 43.7 Å². The fraction of sp³-hybridized carbons (Fsp3) is 0.500. The highest BCUT2D eigenvalue weighted by Crippen LogP contribution is 2.30. The molecule has 156 valence electrons. The molecule has 1 aliphatic heterocycles. The highest BCUT2D eigenvalue weighted by atomic mass is 32.2. The standard InChI is InChI=1S/C20H26N4O4S/c1-2-28-17-5-7-18(8-6-17)29(26,27)22-16-11-12-23(14-16)19-9-10-20(25)24(21-19)13-15-3-4-15/h5-10,15-16,22H,2-4,11-14H2,1H3. The Morgan fingerprint density at radius 1 is 1.14 bits per heavy atom. The van der Waals surface area contributed by atoms with Gasteiger partial charge in [-0.05, 0) is 62.4 Å². The SMILES string of the molecule is CCOc1ccc(S(=O)(=O)NC2CCN(c3ccc(=O)n(CC4CC4)n3)C2)cc1. The molecule has 1 aromatic carbocycles. The summed E-state index contributed by atoms with van der Waals surface area (Å²) >= 11 is 0. The van der Waals surface area contributed by atoms with E-state index in [0.717, 1.165) is 12.8 Å². The highest BCUT2D eigenvalue weighted by Gasteiger charge is 2.29. The summed E-state index contributed by atoms with van der Waals surface area (Å²) in [5, 5.41) is 4.49. The van der Waals surface area contributed by atoms with Gasteiger partial charge in [-0.3, -0.25) is 4.79 Å². The molecule has 1 saturated heterocycles. The third kappa shape index (κ3) is 4.79. The van der Waals surface area contributed by atoms with Crippen LogP contribution in [0.25, 0.3) is 0 Å². The summed E-state index contributed by atoms with van der Waals surface area (Å²) in [6.07, 6.45) is 2.98. The zero-order valence-electron chi connectivity index (χ0n) is 16.5. The van der Waals surface area contributed by atoms with Crippen molar-refractivity contribution in [3.63, 3.8) is 0 Å². The maximum absolute atomic E-state index is 12.7. The number of nitrogens with one attached hydrogen (secondary N) is 1. The Labute approximate surface area is 170 Å². The van der Waals surface area contributed by atoms with Gasteiger partial charge in [0.05, 0.1) is 11.5 Å². The second-order valence-corrected chi connectivity index (χ2v) is 9.33. The fourth-order valence-electron chi connectivity index (χ4n) is 3.52. The van der Waals surface area contributed by atoms with Crippen molar-refractivity contribution in [3.05, 3.63) is 46.8 Å². The molecule has 2 aromatic rings. The van der Waals surface area contributed by atoms with E-state index < -0.39 is 10.0 Å². The van der Waals surface area contributed by atoms with E-state index in [9.17, 15) is 13.2 Å². The van der Waals surface area contributed by atoms with Crippen molar-refractivity contribution in [3.8, 4) is 5.75 Å². The molecule has 2 aliphatic rings. The van der Waals surface area contributed by atoms with E-state index in [2.05, 4.69) is 9.82 Å². The first-order valence-electron chi connectivity index (χ1n) is 10.0. The first-order valence-corrected chi connectivity index (χ1v) is 11.5. The number of hydrogen-bond donors (Lipinski definition) is 1. The highest BCUT2D eigenvalue weighted by molar-refractivity contribution is 7.89. The van der Waals surface area contributed by atoms with Crippen molar-refractivity contribution in [1.29, 1.82) is 0 Å². The third-order valence-electron chi connectivity index (χ3n) is 5.26. The molecule has 2 heterocycles. The summed E-state index contributed by atoms with van der Waals surface area (Å²) in [7, 11) is -3.61. The molecule has 9 heteroatoms. The van der Waals surface area contributed by atoms with Crippen LogP contribution in [-0.2, 0) is 16.6 Å². The Kier molecular flexibility index (Phi) is 5.60. The molecule has 4 rings (SSSR count). The Bertz CT molecular complexity index is 1020. The average molecular weight is 419 g/mol. The first kappa shape index (κ1) is 19.9. The maximum atomic E-state index is 12.7. The third-order valence-corrected chi connectivity index (χ3v) is 6.80. The second kappa shape index (κ2) is 8.16. The lowest BCUT2D eigenvalue weighted by Crippen LogP contribution is -2.37. The van der Waals surface area contributed by atoms with Crippen molar-refractivity contribution in [2.24, 2.45) is 5.92 Å². The molecule has 0 amide bonds. The Balaban J connectivity index is 1.41. The molecule has 1 atom stereocenters. The molecule has 1 aliphatic carbocycles. The molecule has 1 aromatic heterocycles. The van der Waals surface area contributed by atoms with Crippen LogP contribution in [0.2, 0.25) is 0 Å². The van der Waals surface area contributed by atoms with Gasteiger partial charge in [-0.2, -0.15) is 5.10 Å². The lowest BCUT2D eigenvalue weighted by Gasteiger charge is -2.19. The number of hydrogen-bond acceptors (Lipinski definition) is 6. The van der Waals surface area contributed by atoms with Crippen LogP contribution >= 0.6 is 0 Å². The summed E-state index contributed by atoms with van der Waals surface area (Å²) in [6.45, 7) is 4.28. The summed E-state index contributed by atoms with van der Waals surface area (Å²) < 4.78 is 35.1. The number of nitrogens with zero attached hydrogens (tertiary/aromatic N) is 3. The van der Waals surface area contributed by atoms with Crippen molar-refractivity contribution >= 4 is 15.8 Å².